The maximum absolute atomic E-state index is 13.3. The molecule has 0 saturated carbocycles. The molecule has 0 atom stereocenters. The minimum atomic E-state index is -0.115. The predicted octanol–water partition coefficient (Wildman–Crippen LogP) is 4.26. The van der Waals surface area contributed by atoms with Gasteiger partial charge < -0.3 is 18.6 Å². The van der Waals surface area contributed by atoms with Crippen LogP contribution in [-0.4, -0.2) is 34.7 Å². The van der Waals surface area contributed by atoms with Crippen molar-refractivity contribution in [2.75, 3.05) is 13.1 Å². The molecule has 1 aliphatic heterocycles. The van der Waals surface area contributed by atoms with Gasteiger partial charge in [-0.2, -0.15) is 0 Å². The Morgan fingerprint density at radius 3 is 2.07 bits per heavy atom. The number of likely N-dealkylation sites (tertiary alicyclic amines) is 1. The SMILES string of the molecule is Cc1ccccc1C(=O)N1CCC(C(=O)N(Cc2ccco2)Cc2ccco2)CC1. The van der Waals surface area contributed by atoms with Crippen molar-refractivity contribution in [3.05, 3.63) is 83.7 Å². The third-order valence-corrected chi connectivity index (χ3v) is 5.67. The molecule has 2 amide bonds. The van der Waals surface area contributed by atoms with E-state index < -0.39 is 0 Å². The van der Waals surface area contributed by atoms with Crippen molar-refractivity contribution in [3.8, 4) is 0 Å². The van der Waals surface area contributed by atoms with Gasteiger partial charge in [0.15, 0.2) is 0 Å². The Morgan fingerprint density at radius 2 is 1.53 bits per heavy atom. The third kappa shape index (κ3) is 4.48. The smallest absolute Gasteiger partial charge is 0.254 e. The van der Waals surface area contributed by atoms with E-state index in [4.69, 9.17) is 8.83 Å². The Morgan fingerprint density at radius 1 is 0.933 bits per heavy atom. The molecule has 6 heteroatoms. The van der Waals surface area contributed by atoms with E-state index in [1.165, 1.54) is 0 Å². The van der Waals surface area contributed by atoms with E-state index in [0.717, 1.165) is 22.6 Å². The Hall–Kier alpha value is -3.28. The van der Waals surface area contributed by atoms with Crippen LogP contribution in [-0.2, 0) is 17.9 Å². The second-order valence-electron chi connectivity index (χ2n) is 7.73. The van der Waals surface area contributed by atoms with E-state index in [9.17, 15) is 9.59 Å². The summed E-state index contributed by atoms with van der Waals surface area (Å²) in [6.45, 7) is 3.91. The fourth-order valence-electron chi connectivity index (χ4n) is 3.96. The summed E-state index contributed by atoms with van der Waals surface area (Å²) in [5, 5.41) is 0. The first-order valence-corrected chi connectivity index (χ1v) is 10.3. The third-order valence-electron chi connectivity index (χ3n) is 5.67. The summed E-state index contributed by atoms with van der Waals surface area (Å²) in [5.41, 5.74) is 1.71. The summed E-state index contributed by atoms with van der Waals surface area (Å²) in [4.78, 5) is 29.8. The lowest BCUT2D eigenvalue weighted by molar-refractivity contribution is -0.138. The average molecular weight is 406 g/mol. The van der Waals surface area contributed by atoms with Gasteiger partial charge in [-0.05, 0) is 55.7 Å². The molecule has 3 heterocycles. The summed E-state index contributed by atoms with van der Waals surface area (Å²) in [7, 11) is 0. The zero-order valence-corrected chi connectivity index (χ0v) is 17.1. The van der Waals surface area contributed by atoms with Gasteiger partial charge in [0.25, 0.3) is 5.91 Å². The van der Waals surface area contributed by atoms with Crippen molar-refractivity contribution in [2.45, 2.75) is 32.9 Å². The second kappa shape index (κ2) is 9.03. The van der Waals surface area contributed by atoms with Crippen molar-refractivity contribution < 1.29 is 18.4 Å². The standard InChI is InChI=1S/C24H26N2O4/c1-18-6-2-3-9-22(18)24(28)25-12-10-19(11-13-25)23(27)26(16-20-7-4-14-29-20)17-21-8-5-15-30-21/h2-9,14-15,19H,10-13,16-17H2,1H3. The predicted molar refractivity (Wildman–Crippen MR) is 111 cm³/mol. The molecule has 0 spiro atoms. The van der Waals surface area contributed by atoms with Crippen LogP contribution in [0.1, 0.15) is 40.3 Å². The number of furan rings is 2. The number of rotatable bonds is 6. The lowest BCUT2D eigenvalue weighted by atomic mass is 9.94. The van der Waals surface area contributed by atoms with Gasteiger partial charge in [-0.3, -0.25) is 9.59 Å². The monoisotopic (exact) mass is 406 g/mol. The summed E-state index contributed by atoms with van der Waals surface area (Å²) in [6.07, 6.45) is 4.54. The highest BCUT2D eigenvalue weighted by Crippen LogP contribution is 2.24. The van der Waals surface area contributed by atoms with E-state index in [1.807, 2.05) is 60.4 Å². The molecule has 156 valence electrons. The van der Waals surface area contributed by atoms with Gasteiger partial charge in [0.1, 0.15) is 11.5 Å². The van der Waals surface area contributed by atoms with Crippen LogP contribution in [0.2, 0.25) is 0 Å². The van der Waals surface area contributed by atoms with Crippen LogP contribution in [0, 0.1) is 12.8 Å². The number of carbonyl (C=O) groups is 2. The minimum Gasteiger partial charge on any atom is -0.467 e. The van der Waals surface area contributed by atoms with E-state index in [2.05, 4.69) is 0 Å². The van der Waals surface area contributed by atoms with Crippen LogP contribution in [0.5, 0.6) is 0 Å². The Bertz CT molecular complexity index is 934. The fraction of sp³-hybridized carbons (Fsp3) is 0.333. The van der Waals surface area contributed by atoms with Crippen molar-refractivity contribution >= 4 is 11.8 Å². The zero-order valence-electron chi connectivity index (χ0n) is 17.1. The molecule has 0 aliphatic carbocycles. The van der Waals surface area contributed by atoms with Gasteiger partial charge in [-0.25, -0.2) is 0 Å². The highest BCUT2D eigenvalue weighted by Gasteiger charge is 2.31. The summed E-state index contributed by atoms with van der Waals surface area (Å²) < 4.78 is 10.9. The van der Waals surface area contributed by atoms with E-state index in [0.29, 0.717) is 39.0 Å². The van der Waals surface area contributed by atoms with Crippen LogP contribution in [0.4, 0.5) is 0 Å². The molecule has 1 aliphatic rings. The first kappa shape index (κ1) is 20.0. The summed E-state index contributed by atoms with van der Waals surface area (Å²) >= 11 is 0. The molecule has 0 bridgehead atoms. The van der Waals surface area contributed by atoms with Crippen molar-refractivity contribution in [2.24, 2.45) is 5.92 Å². The molecular formula is C24H26N2O4. The molecule has 3 aromatic rings. The fourth-order valence-corrected chi connectivity index (χ4v) is 3.96. The topological polar surface area (TPSA) is 66.9 Å². The van der Waals surface area contributed by atoms with Gasteiger partial charge >= 0.3 is 0 Å². The number of hydrogen-bond donors (Lipinski definition) is 0. The van der Waals surface area contributed by atoms with Crippen LogP contribution >= 0.6 is 0 Å². The van der Waals surface area contributed by atoms with E-state index in [-0.39, 0.29) is 17.7 Å². The minimum absolute atomic E-state index is 0.0435. The number of carbonyl (C=O) groups excluding carboxylic acids is 2. The quantitative estimate of drug-likeness (QED) is 0.613. The van der Waals surface area contributed by atoms with Crippen molar-refractivity contribution in [1.82, 2.24) is 9.80 Å². The normalized spacial score (nSPS) is 14.6. The highest BCUT2D eigenvalue weighted by molar-refractivity contribution is 5.95. The first-order valence-electron chi connectivity index (χ1n) is 10.3. The molecule has 1 fully saturated rings. The van der Waals surface area contributed by atoms with Gasteiger partial charge in [0, 0.05) is 24.6 Å². The number of hydrogen-bond acceptors (Lipinski definition) is 4. The second-order valence-corrected chi connectivity index (χ2v) is 7.73. The molecule has 0 N–H and O–H groups in total. The van der Waals surface area contributed by atoms with Crippen LogP contribution in [0.25, 0.3) is 0 Å². The Labute approximate surface area is 176 Å². The first-order chi connectivity index (χ1) is 14.6. The van der Waals surface area contributed by atoms with E-state index >= 15 is 0 Å². The van der Waals surface area contributed by atoms with E-state index in [1.54, 1.807) is 17.4 Å². The molecule has 6 nitrogen and oxygen atoms in total. The van der Waals surface area contributed by atoms with Gasteiger partial charge in [-0.15, -0.1) is 0 Å². The molecule has 30 heavy (non-hydrogen) atoms. The largest absolute Gasteiger partial charge is 0.467 e. The number of nitrogens with zero attached hydrogens (tertiary/aromatic N) is 2. The number of aryl methyl sites for hydroxylation is 1. The Balaban J connectivity index is 1.41. The van der Waals surface area contributed by atoms with Gasteiger partial charge in [-0.1, -0.05) is 18.2 Å². The maximum atomic E-state index is 13.3. The lowest BCUT2D eigenvalue weighted by Crippen LogP contribution is -2.44. The van der Waals surface area contributed by atoms with Gasteiger partial charge in [0.2, 0.25) is 5.91 Å². The summed E-state index contributed by atoms with van der Waals surface area (Å²) in [6, 6.07) is 15.0. The number of amides is 2. The average Bonchev–Trinajstić information content (AvgIpc) is 3.47. The molecule has 0 unspecified atom stereocenters. The van der Waals surface area contributed by atoms with Crippen LogP contribution in [0.15, 0.2) is 69.9 Å². The zero-order chi connectivity index (χ0) is 20.9. The molecular weight excluding hydrogens is 380 g/mol. The molecule has 4 rings (SSSR count). The molecule has 1 aromatic carbocycles. The van der Waals surface area contributed by atoms with Crippen molar-refractivity contribution in [3.63, 3.8) is 0 Å². The molecule has 2 aromatic heterocycles. The van der Waals surface area contributed by atoms with Crippen molar-refractivity contribution in [1.29, 1.82) is 0 Å². The molecule has 1 saturated heterocycles. The highest BCUT2D eigenvalue weighted by atomic mass is 16.3. The molecule has 0 radical (unpaired) electrons. The van der Waals surface area contributed by atoms with Crippen LogP contribution < -0.4 is 0 Å². The summed E-state index contributed by atoms with van der Waals surface area (Å²) in [5.74, 6) is 1.48. The lowest BCUT2D eigenvalue weighted by Gasteiger charge is -2.34. The number of piperidine rings is 1. The Kier molecular flexibility index (Phi) is 6.02. The maximum Gasteiger partial charge on any atom is 0.254 e. The van der Waals surface area contributed by atoms with Gasteiger partial charge in [0.05, 0.1) is 25.6 Å². The number of benzene rings is 1. The van der Waals surface area contributed by atoms with Crippen LogP contribution in [0.3, 0.4) is 0 Å².